The van der Waals surface area contributed by atoms with Crippen molar-refractivity contribution in [3.05, 3.63) is 35.9 Å². The molecule has 3 N–H and O–H groups in total. The number of hydrogen-bond acceptors (Lipinski definition) is 3. The third-order valence-electron chi connectivity index (χ3n) is 1.98. The second-order valence-corrected chi connectivity index (χ2v) is 3.27. The van der Waals surface area contributed by atoms with Crippen LogP contribution in [0.2, 0.25) is 0 Å². The van der Waals surface area contributed by atoms with E-state index in [-0.39, 0.29) is 12.6 Å². The summed E-state index contributed by atoms with van der Waals surface area (Å²) >= 11 is 0. The summed E-state index contributed by atoms with van der Waals surface area (Å²) in [6, 6.07) is 9.82. The molecule has 0 aliphatic heterocycles. The molecule has 0 bridgehead atoms. The SMILES string of the molecule is N[C@@H](CO)CCOCc1ccccc1. The van der Waals surface area contributed by atoms with Crippen molar-refractivity contribution in [2.75, 3.05) is 13.2 Å². The van der Waals surface area contributed by atoms with E-state index in [4.69, 9.17) is 15.6 Å². The van der Waals surface area contributed by atoms with Crippen LogP contribution in [0.15, 0.2) is 30.3 Å². The van der Waals surface area contributed by atoms with Crippen LogP contribution in [0.5, 0.6) is 0 Å². The first-order valence-corrected chi connectivity index (χ1v) is 4.81. The molecule has 0 saturated carbocycles. The predicted molar refractivity (Wildman–Crippen MR) is 55.8 cm³/mol. The van der Waals surface area contributed by atoms with Gasteiger partial charge in [0.1, 0.15) is 0 Å². The van der Waals surface area contributed by atoms with E-state index in [1.165, 1.54) is 0 Å². The summed E-state index contributed by atoms with van der Waals surface area (Å²) in [7, 11) is 0. The van der Waals surface area contributed by atoms with E-state index in [9.17, 15) is 0 Å². The van der Waals surface area contributed by atoms with Gasteiger partial charge < -0.3 is 15.6 Å². The van der Waals surface area contributed by atoms with Crippen LogP contribution in [0.3, 0.4) is 0 Å². The van der Waals surface area contributed by atoms with E-state index in [1.54, 1.807) is 0 Å². The maximum Gasteiger partial charge on any atom is 0.0716 e. The molecule has 0 amide bonds. The third-order valence-corrected chi connectivity index (χ3v) is 1.98. The highest BCUT2D eigenvalue weighted by atomic mass is 16.5. The molecule has 1 atom stereocenters. The van der Waals surface area contributed by atoms with Gasteiger partial charge in [-0.1, -0.05) is 30.3 Å². The molecule has 0 saturated heterocycles. The number of nitrogens with two attached hydrogens (primary N) is 1. The van der Waals surface area contributed by atoms with Gasteiger partial charge in [-0.3, -0.25) is 0 Å². The molecule has 0 heterocycles. The van der Waals surface area contributed by atoms with Gasteiger partial charge in [0.15, 0.2) is 0 Å². The van der Waals surface area contributed by atoms with Crippen LogP contribution in [0.1, 0.15) is 12.0 Å². The number of benzene rings is 1. The van der Waals surface area contributed by atoms with Crippen LogP contribution in [0, 0.1) is 0 Å². The van der Waals surface area contributed by atoms with Gasteiger partial charge in [-0.2, -0.15) is 0 Å². The Bertz CT molecular complexity index is 238. The summed E-state index contributed by atoms with van der Waals surface area (Å²) < 4.78 is 5.40. The fraction of sp³-hybridized carbons (Fsp3) is 0.455. The highest BCUT2D eigenvalue weighted by molar-refractivity contribution is 5.13. The largest absolute Gasteiger partial charge is 0.395 e. The molecule has 0 unspecified atom stereocenters. The van der Waals surface area contributed by atoms with Gasteiger partial charge in [-0.15, -0.1) is 0 Å². The van der Waals surface area contributed by atoms with E-state index < -0.39 is 0 Å². The highest BCUT2D eigenvalue weighted by Gasteiger charge is 1.99. The van der Waals surface area contributed by atoms with Crippen LogP contribution in [0.4, 0.5) is 0 Å². The quantitative estimate of drug-likeness (QED) is 0.663. The van der Waals surface area contributed by atoms with Crippen LogP contribution in [0.25, 0.3) is 0 Å². The Balaban J connectivity index is 2.10. The summed E-state index contributed by atoms with van der Waals surface area (Å²) in [5.74, 6) is 0. The van der Waals surface area contributed by atoms with Crippen LogP contribution in [-0.4, -0.2) is 24.4 Å². The molecule has 0 aliphatic rings. The van der Waals surface area contributed by atoms with Crippen molar-refractivity contribution in [1.82, 2.24) is 0 Å². The summed E-state index contributed by atoms with van der Waals surface area (Å²) in [5, 5.41) is 8.67. The van der Waals surface area contributed by atoms with E-state index in [0.717, 1.165) is 5.56 Å². The molecule has 3 heteroatoms. The zero-order valence-corrected chi connectivity index (χ0v) is 8.23. The lowest BCUT2D eigenvalue weighted by molar-refractivity contribution is 0.107. The van der Waals surface area contributed by atoms with Gasteiger partial charge in [0.2, 0.25) is 0 Å². The number of aliphatic hydroxyl groups is 1. The fourth-order valence-corrected chi connectivity index (χ4v) is 1.09. The molecule has 0 aromatic heterocycles. The van der Waals surface area contributed by atoms with Gasteiger partial charge in [0.25, 0.3) is 0 Å². The Labute approximate surface area is 84.5 Å². The summed E-state index contributed by atoms with van der Waals surface area (Å²) in [5.41, 5.74) is 6.68. The van der Waals surface area contributed by atoms with Gasteiger partial charge in [-0.05, 0) is 12.0 Å². The molecule has 78 valence electrons. The standard InChI is InChI=1S/C11H17NO2/c12-11(8-13)6-7-14-9-10-4-2-1-3-5-10/h1-5,11,13H,6-9,12H2/t11-/m1/s1. The summed E-state index contributed by atoms with van der Waals surface area (Å²) in [4.78, 5) is 0. The van der Waals surface area contributed by atoms with E-state index in [0.29, 0.717) is 19.6 Å². The molecule has 0 spiro atoms. The molecule has 0 radical (unpaired) electrons. The summed E-state index contributed by atoms with van der Waals surface area (Å²) in [6.45, 7) is 1.23. The second kappa shape index (κ2) is 6.54. The molecule has 14 heavy (non-hydrogen) atoms. The molecular formula is C11H17NO2. The van der Waals surface area contributed by atoms with Gasteiger partial charge in [-0.25, -0.2) is 0 Å². The van der Waals surface area contributed by atoms with Crippen LogP contribution >= 0.6 is 0 Å². The Morgan fingerprint density at radius 1 is 1.29 bits per heavy atom. The minimum Gasteiger partial charge on any atom is -0.395 e. The summed E-state index contributed by atoms with van der Waals surface area (Å²) in [6.07, 6.45) is 0.698. The molecule has 1 aromatic carbocycles. The third kappa shape index (κ3) is 4.37. The molecule has 1 rings (SSSR count). The van der Waals surface area contributed by atoms with Gasteiger partial charge in [0.05, 0.1) is 13.2 Å². The topological polar surface area (TPSA) is 55.5 Å². The number of aliphatic hydroxyl groups excluding tert-OH is 1. The number of hydrogen-bond donors (Lipinski definition) is 2. The van der Waals surface area contributed by atoms with Crippen molar-refractivity contribution in [2.24, 2.45) is 5.73 Å². The monoisotopic (exact) mass is 195 g/mol. The first kappa shape index (κ1) is 11.2. The second-order valence-electron chi connectivity index (χ2n) is 3.27. The lowest BCUT2D eigenvalue weighted by Gasteiger charge is -2.08. The fourth-order valence-electron chi connectivity index (χ4n) is 1.09. The number of ether oxygens (including phenoxy) is 1. The van der Waals surface area contributed by atoms with Crippen molar-refractivity contribution in [3.63, 3.8) is 0 Å². The van der Waals surface area contributed by atoms with Gasteiger partial charge in [0, 0.05) is 12.6 Å². The van der Waals surface area contributed by atoms with E-state index in [1.807, 2.05) is 30.3 Å². The van der Waals surface area contributed by atoms with E-state index >= 15 is 0 Å². The minimum absolute atomic E-state index is 0.0225. The molecule has 1 aromatic rings. The maximum absolute atomic E-state index is 8.67. The first-order valence-electron chi connectivity index (χ1n) is 4.81. The normalized spacial score (nSPS) is 12.7. The molecule has 0 aliphatic carbocycles. The number of rotatable bonds is 6. The smallest absolute Gasteiger partial charge is 0.0716 e. The van der Waals surface area contributed by atoms with Crippen molar-refractivity contribution in [2.45, 2.75) is 19.1 Å². The average molecular weight is 195 g/mol. The lowest BCUT2D eigenvalue weighted by atomic mass is 10.2. The highest BCUT2D eigenvalue weighted by Crippen LogP contribution is 2.01. The van der Waals surface area contributed by atoms with Crippen molar-refractivity contribution in [1.29, 1.82) is 0 Å². The van der Waals surface area contributed by atoms with E-state index in [2.05, 4.69) is 0 Å². The molecule has 3 nitrogen and oxygen atoms in total. The Morgan fingerprint density at radius 3 is 2.64 bits per heavy atom. The zero-order chi connectivity index (χ0) is 10.2. The molecule has 0 fully saturated rings. The van der Waals surface area contributed by atoms with Gasteiger partial charge >= 0.3 is 0 Å². The van der Waals surface area contributed by atoms with Crippen LogP contribution < -0.4 is 5.73 Å². The average Bonchev–Trinajstić information content (AvgIpc) is 2.25. The Hall–Kier alpha value is -0.900. The van der Waals surface area contributed by atoms with Crippen molar-refractivity contribution >= 4 is 0 Å². The Morgan fingerprint density at radius 2 is 2.00 bits per heavy atom. The predicted octanol–water partition coefficient (Wildman–Crippen LogP) is 0.913. The first-order chi connectivity index (χ1) is 6.83. The molecular weight excluding hydrogens is 178 g/mol. The Kier molecular flexibility index (Phi) is 5.22. The van der Waals surface area contributed by atoms with Crippen molar-refractivity contribution in [3.8, 4) is 0 Å². The lowest BCUT2D eigenvalue weighted by Crippen LogP contribution is -2.25. The minimum atomic E-state index is -0.161. The maximum atomic E-state index is 8.67. The zero-order valence-electron chi connectivity index (χ0n) is 8.23. The van der Waals surface area contributed by atoms with Crippen molar-refractivity contribution < 1.29 is 9.84 Å². The van der Waals surface area contributed by atoms with Crippen LogP contribution in [-0.2, 0) is 11.3 Å².